The molecule has 5 heteroatoms. The maximum atomic E-state index is 11.8. The lowest BCUT2D eigenvalue weighted by atomic mass is 9.78. The second-order valence-corrected chi connectivity index (χ2v) is 5.90. The summed E-state index contributed by atoms with van der Waals surface area (Å²) in [6.45, 7) is 0.973. The van der Waals surface area contributed by atoms with Crippen LogP contribution in [-0.4, -0.2) is 24.3 Å². The molecule has 102 valence electrons. The second-order valence-electron chi connectivity index (χ2n) is 5.04. The number of carbonyl (C=O) groups is 1. The zero-order valence-corrected chi connectivity index (χ0v) is 12.0. The number of rotatable bonds is 2. The molecule has 1 aromatic carbocycles. The fraction of sp³-hybridized carbons (Fsp3) is 0.500. The van der Waals surface area contributed by atoms with Gasteiger partial charge in [-0.05, 0) is 25.0 Å². The monoisotopic (exact) mass is 326 g/mol. The summed E-state index contributed by atoms with van der Waals surface area (Å²) in [5, 5.41) is 9.73. The zero-order valence-electron chi connectivity index (χ0n) is 10.4. The Morgan fingerprint density at radius 3 is 2.58 bits per heavy atom. The highest BCUT2D eigenvalue weighted by molar-refractivity contribution is 9.10. The molecule has 2 aliphatic rings. The van der Waals surface area contributed by atoms with E-state index in [4.69, 9.17) is 9.47 Å². The molecule has 1 fully saturated rings. The molecular formula is C14H15BrO4. The van der Waals surface area contributed by atoms with Crippen LogP contribution in [-0.2, 0) is 10.2 Å². The van der Waals surface area contributed by atoms with Gasteiger partial charge in [-0.3, -0.25) is 4.79 Å². The molecule has 0 saturated heterocycles. The van der Waals surface area contributed by atoms with Crippen molar-refractivity contribution in [2.75, 3.05) is 13.2 Å². The van der Waals surface area contributed by atoms with Gasteiger partial charge in [-0.15, -0.1) is 0 Å². The molecular weight excluding hydrogens is 312 g/mol. The highest BCUT2D eigenvalue weighted by Crippen LogP contribution is 2.51. The van der Waals surface area contributed by atoms with Crippen molar-refractivity contribution in [1.82, 2.24) is 0 Å². The Kier molecular flexibility index (Phi) is 3.17. The first-order valence-electron chi connectivity index (χ1n) is 6.47. The van der Waals surface area contributed by atoms with E-state index in [1.165, 1.54) is 0 Å². The molecule has 1 saturated carbocycles. The van der Waals surface area contributed by atoms with Gasteiger partial charge in [0.25, 0.3) is 0 Å². The van der Waals surface area contributed by atoms with E-state index in [0.29, 0.717) is 37.6 Å². The SMILES string of the molecule is O=C(O)C1(c2c(Br)ccc3c2OCCO3)CCCC1. The van der Waals surface area contributed by atoms with Crippen LogP contribution in [0.25, 0.3) is 0 Å². The van der Waals surface area contributed by atoms with E-state index in [9.17, 15) is 9.90 Å². The first-order chi connectivity index (χ1) is 9.15. The van der Waals surface area contributed by atoms with Crippen molar-refractivity contribution in [2.24, 2.45) is 0 Å². The molecule has 19 heavy (non-hydrogen) atoms. The predicted octanol–water partition coefficient (Wildman–Crippen LogP) is 3.12. The molecule has 0 amide bonds. The van der Waals surface area contributed by atoms with Crippen molar-refractivity contribution in [3.8, 4) is 11.5 Å². The summed E-state index contributed by atoms with van der Waals surface area (Å²) in [6, 6.07) is 3.68. The van der Waals surface area contributed by atoms with E-state index in [-0.39, 0.29) is 0 Å². The summed E-state index contributed by atoms with van der Waals surface area (Å²) >= 11 is 3.49. The molecule has 0 spiro atoms. The summed E-state index contributed by atoms with van der Waals surface area (Å²) < 4.78 is 12.1. The molecule has 0 unspecified atom stereocenters. The number of hydrogen-bond donors (Lipinski definition) is 1. The van der Waals surface area contributed by atoms with Crippen molar-refractivity contribution in [3.05, 3.63) is 22.2 Å². The number of halogens is 1. The minimum absolute atomic E-state index is 0.464. The van der Waals surface area contributed by atoms with Gasteiger partial charge in [0.2, 0.25) is 0 Å². The average molecular weight is 327 g/mol. The third kappa shape index (κ3) is 1.91. The number of hydrogen-bond acceptors (Lipinski definition) is 3. The van der Waals surface area contributed by atoms with Crippen LogP contribution in [0.2, 0.25) is 0 Å². The van der Waals surface area contributed by atoms with E-state index in [1.54, 1.807) is 0 Å². The normalized spacial score (nSPS) is 20.3. The third-order valence-corrected chi connectivity index (χ3v) is 4.66. The van der Waals surface area contributed by atoms with Crippen LogP contribution in [0.15, 0.2) is 16.6 Å². The van der Waals surface area contributed by atoms with Gasteiger partial charge < -0.3 is 14.6 Å². The Labute approximate surface area is 119 Å². The minimum atomic E-state index is -0.842. The maximum absolute atomic E-state index is 11.8. The highest BCUT2D eigenvalue weighted by Gasteiger charge is 2.47. The number of aliphatic carboxylic acids is 1. The van der Waals surface area contributed by atoms with Crippen molar-refractivity contribution >= 4 is 21.9 Å². The van der Waals surface area contributed by atoms with Crippen LogP contribution < -0.4 is 9.47 Å². The van der Waals surface area contributed by atoms with Crippen LogP contribution in [0, 0.1) is 0 Å². The van der Waals surface area contributed by atoms with Crippen LogP contribution in [0.4, 0.5) is 0 Å². The number of carboxylic acids is 1. The van der Waals surface area contributed by atoms with Gasteiger partial charge in [0.1, 0.15) is 13.2 Å². The predicted molar refractivity (Wildman–Crippen MR) is 72.9 cm³/mol. The van der Waals surface area contributed by atoms with Gasteiger partial charge >= 0.3 is 5.97 Å². The minimum Gasteiger partial charge on any atom is -0.486 e. The van der Waals surface area contributed by atoms with Gasteiger partial charge in [0, 0.05) is 10.0 Å². The molecule has 1 aliphatic heterocycles. The lowest BCUT2D eigenvalue weighted by Gasteiger charge is -2.30. The summed E-state index contributed by atoms with van der Waals surface area (Å²) in [5.74, 6) is 0.482. The van der Waals surface area contributed by atoms with Crippen molar-refractivity contribution < 1.29 is 19.4 Å². The molecule has 0 aromatic heterocycles. The third-order valence-electron chi connectivity index (χ3n) is 4.00. The quantitative estimate of drug-likeness (QED) is 0.907. The number of carboxylic acid groups (broad SMARTS) is 1. The number of ether oxygens (including phenoxy) is 2. The Bertz CT molecular complexity index is 520. The van der Waals surface area contributed by atoms with E-state index >= 15 is 0 Å². The lowest BCUT2D eigenvalue weighted by molar-refractivity contribution is -0.143. The molecule has 0 bridgehead atoms. The molecule has 1 aromatic rings. The highest BCUT2D eigenvalue weighted by atomic mass is 79.9. The van der Waals surface area contributed by atoms with E-state index in [2.05, 4.69) is 15.9 Å². The fourth-order valence-corrected chi connectivity index (χ4v) is 3.78. The maximum Gasteiger partial charge on any atom is 0.314 e. The lowest BCUT2D eigenvalue weighted by Crippen LogP contribution is -2.34. The molecule has 0 radical (unpaired) electrons. The first kappa shape index (κ1) is 12.8. The first-order valence-corrected chi connectivity index (χ1v) is 7.26. The van der Waals surface area contributed by atoms with Gasteiger partial charge in [-0.1, -0.05) is 28.8 Å². The second kappa shape index (κ2) is 4.71. The van der Waals surface area contributed by atoms with E-state index in [0.717, 1.165) is 22.9 Å². The van der Waals surface area contributed by atoms with Crippen LogP contribution >= 0.6 is 15.9 Å². The zero-order chi connectivity index (χ0) is 13.5. The molecule has 1 aliphatic carbocycles. The van der Waals surface area contributed by atoms with Crippen molar-refractivity contribution in [1.29, 1.82) is 0 Å². The Morgan fingerprint density at radius 2 is 1.89 bits per heavy atom. The molecule has 1 N–H and O–H groups in total. The standard InChI is InChI=1S/C14H15BrO4/c15-9-3-4-10-12(19-8-7-18-10)11(9)14(13(16)17)5-1-2-6-14/h3-4H,1-2,5-8H2,(H,16,17). The van der Waals surface area contributed by atoms with Crippen LogP contribution in [0.3, 0.4) is 0 Å². The summed E-state index contributed by atoms with van der Waals surface area (Å²) in [7, 11) is 0. The van der Waals surface area contributed by atoms with Crippen LogP contribution in [0.5, 0.6) is 11.5 Å². The smallest absolute Gasteiger partial charge is 0.314 e. The number of benzene rings is 1. The van der Waals surface area contributed by atoms with E-state index < -0.39 is 11.4 Å². The Morgan fingerprint density at radius 1 is 1.21 bits per heavy atom. The summed E-state index contributed by atoms with van der Waals surface area (Å²) in [5.41, 5.74) is -0.0973. The van der Waals surface area contributed by atoms with Crippen LogP contribution in [0.1, 0.15) is 31.2 Å². The number of fused-ring (bicyclic) bond motifs is 1. The van der Waals surface area contributed by atoms with Crippen molar-refractivity contribution in [3.63, 3.8) is 0 Å². The largest absolute Gasteiger partial charge is 0.486 e. The summed E-state index contributed by atoms with van der Waals surface area (Å²) in [6.07, 6.45) is 3.17. The molecule has 1 heterocycles. The fourth-order valence-electron chi connectivity index (χ4n) is 3.09. The Hall–Kier alpha value is -1.23. The molecule has 3 rings (SSSR count). The van der Waals surface area contributed by atoms with Gasteiger partial charge in [0.05, 0.1) is 5.41 Å². The Balaban J connectivity index is 2.20. The van der Waals surface area contributed by atoms with Gasteiger partial charge in [-0.2, -0.15) is 0 Å². The average Bonchev–Trinajstić information content (AvgIpc) is 2.89. The van der Waals surface area contributed by atoms with Gasteiger partial charge in [0.15, 0.2) is 11.5 Å². The van der Waals surface area contributed by atoms with Gasteiger partial charge in [-0.25, -0.2) is 0 Å². The topological polar surface area (TPSA) is 55.8 Å². The molecule has 0 atom stereocenters. The molecule has 4 nitrogen and oxygen atoms in total. The van der Waals surface area contributed by atoms with E-state index in [1.807, 2.05) is 12.1 Å². The van der Waals surface area contributed by atoms with Crippen molar-refractivity contribution in [2.45, 2.75) is 31.1 Å². The summed E-state index contributed by atoms with van der Waals surface area (Å²) in [4.78, 5) is 11.8.